The summed E-state index contributed by atoms with van der Waals surface area (Å²) in [6.45, 7) is 7.09. The van der Waals surface area contributed by atoms with Crippen molar-refractivity contribution < 1.29 is 19.1 Å². The molecule has 2 saturated heterocycles. The molecule has 3 atom stereocenters. The average Bonchev–Trinajstić information content (AvgIpc) is 2.65. The number of nitrogens with one attached hydrogen (secondary N) is 1. The third kappa shape index (κ3) is 6.03. The van der Waals surface area contributed by atoms with Crippen LogP contribution in [0.25, 0.3) is 0 Å². The first-order valence-corrected chi connectivity index (χ1v) is 10.0. The lowest BCUT2D eigenvalue weighted by Gasteiger charge is -2.35. The first-order valence-electron chi connectivity index (χ1n) is 10.0. The zero-order valence-corrected chi connectivity index (χ0v) is 16.9. The second kappa shape index (κ2) is 9.81. The molecule has 0 aromatic carbocycles. The number of methoxy groups -OCH3 is 1. The van der Waals surface area contributed by atoms with E-state index in [1.54, 1.807) is 14.0 Å². The number of likely N-dealkylation sites (tertiary alicyclic amines) is 1. The number of carbonyl (C=O) groups excluding carboxylic acids is 2. The summed E-state index contributed by atoms with van der Waals surface area (Å²) in [5, 5.41) is 3.61. The van der Waals surface area contributed by atoms with Crippen LogP contribution in [0.15, 0.2) is 0 Å². The van der Waals surface area contributed by atoms with E-state index in [4.69, 9.17) is 9.47 Å². The number of hydrogen-bond acceptors (Lipinski definition) is 6. The Bertz CT molecular complexity index is 476. The van der Waals surface area contributed by atoms with Gasteiger partial charge in [-0.2, -0.15) is 0 Å². The number of ketones is 1. The normalized spacial score (nSPS) is 34.5. The van der Waals surface area contributed by atoms with Crippen molar-refractivity contribution in [3.8, 4) is 0 Å². The van der Waals surface area contributed by atoms with Crippen molar-refractivity contribution in [1.29, 1.82) is 0 Å². The van der Waals surface area contributed by atoms with Gasteiger partial charge in [0.05, 0.1) is 5.60 Å². The van der Waals surface area contributed by atoms with Crippen LogP contribution in [0.2, 0.25) is 0 Å². The summed E-state index contributed by atoms with van der Waals surface area (Å²) in [5.74, 6) is -0.645. The SMILES string of the molecule is CO[C@]1(C)CCCNC(C2CCN(C)CC2)COC(=O)C(C)C(=O)CC1. The molecular formula is C20H36N2O4. The van der Waals surface area contributed by atoms with Gasteiger partial charge in [0.25, 0.3) is 0 Å². The number of hydrogen-bond donors (Lipinski definition) is 1. The highest BCUT2D eigenvalue weighted by atomic mass is 16.5. The van der Waals surface area contributed by atoms with E-state index >= 15 is 0 Å². The molecule has 0 saturated carbocycles. The second-order valence-electron chi connectivity index (χ2n) is 8.28. The van der Waals surface area contributed by atoms with Gasteiger partial charge in [0.2, 0.25) is 0 Å². The predicted molar refractivity (Wildman–Crippen MR) is 101 cm³/mol. The predicted octanol–water partition coefficient (Wildman–Crippen LogP) is 2.01. The summed E-state index contributed by atoms with van der Waals surface area (Å²) in [6.07, 6.45) is 5.08. The van der Waals surface area contributed by atoms with Gasteiger partial charge < -0.3 is 19.7 Å². The van der Waals surface area contributed by atoms with E-state index in [0.717, 1.165) is 45.3 Å². The van der Waals surface area contributed by atoms with E-state index < -0.39 is 11.9 Å². The molecule has 2 aliphatic rings. The van der Waals surface area contributed by atoms with Crippen LogP contribution in [0, 0.1) is 11.8 Å². The Morgan fingerprint density at radius 3 is 2.58 bits per heavy atom. The standard InChI is InChI=1S/C20H36N2O4/c1-15-18(23)6-10-20(2,25-4)9-5-11-21-17(14-26-19(15)24)16-7-12-22(3)13-8-16/h15-17,21H,5-14H2,1-4H3/t15?,17?,20-/m1/s1. The topological polar surface area (TPSA) is 67.9 Å². The van der Waals surface area contributed by atoms with Gasteiger partial charge in [0, 0.05) is 19.6 Å². The van der Waals surface area contributed by atoms with Crippen molar-refractivity contribution in [3.05, 3.63) is 0 Å². The van der Waals surface area contributed by atoms with Gasteiger partial charge >= 0.3 is 5.97 Å². The molecule has 0 aromatic rings. The van der Waals surface area contributed by atoms with Crippen LogP contribution in [-0.4, -0.2) is 68.7 Å². The minimum Gasteiger partial charge on any atom is -0.463 e. The summed E-state index contributed by atoms with van der Waals surface area (Å²) >= 11 is 0. The Morgan fingerprint density at radius 1 is 1.23 bits per heavy atom. The smallest absolute Gasteiger partial charge is 0.316 e. The monoisotopic (exact) mass is 368 g/mol. The summed E-state index contributed by atoms with van der Waals surface area (Å²) in [7, 11) is 3.85. The highest BCUT2D eigenvalue weighted by Crippen LogP contribution is 2.25. The molecule has 2 rings (SSSR count). The van der Waals surface area contributed by atoms with Crippen molar-refractivity contribution in [1.82, 2.24) is 10.2 Å². The van der Waals surface area contributed by atoms with E-state index in [1.165, 1.54) is 0 Å². The molecule has 6 nitrogen and oxygen atoms in total. The van der Waals surface area contributed by atoms with Crippen molar-refractivity contribution in [3.63, 3.8) is 0 Å². The number of nitrogens with zero attached hydrogens (tertiary/aromatic N) is 1. The van der Waals surface area contributed by atoms with Gasteiger partial charge in [-0.1, -0.05) is 0 Å². The Morgan fingerprint density at radius 2 is 1.92 bits per heavy atom. The number of ether oxygens (including phenoxy) is 2. The van der Waals surface area contributed by atoms with Crippen LogP contribution >= 0.6 is 0 Å². The van der Waals surface area contributed by atoms with E-state index in [1.807, 2.05) is 0 Å². The molecule has 2 aliphatic heterocycles. The maximum Gasteiger partial charge on any atom is 0.316 e. The fraction of sp³-hybridized carbons (Fsp3) is 0.900. The molecule has 0 spiro atoms. The van der Waals surface area contributed by atoms with E-state index in [2.05, 4.69) is 24.2 Å². The van der Waals surface area contributed by atoms with Crippen molar-refractivity contribution in [2.75, 3.05) is 40.4 Å². The highest BCUT2D eigenvalue weighted by molar-refractivity contribution is 5.98. The lowest BCUT2D eigenvalue weighted by molar-refractivity contribution is -0.152. The maximum atomic E-state index is 12.4. The summed E-state index contributed by atoms with van der Waals surface area (Å²) in [5.41, 5.74) is -0.321. The third-order valence-electron chi connectivity index (χ3n) is 6.26. The van der Waals surface area contributed by atoms with Crippen molar-refractivity contribution in [2.24, 2.45) is 11.8 Å². The fourth-order valence-corrected chi connectivity index (χ4v) is 3.90. The number of esters is 1. The van der Waals surface area contributed by atoms with E-state index in [0.29, 0.717) is 25.4 Å². The lowest BCUT2D eigenvalue weighted by Crippen LogP contribution is -2.46. The van der Waals surface area contributed by atoms with Gasteiger partial charge in [-0.05, 0) is 78.6 Å². The largest absolute Gasteiger partial charge is 0.463 e. The van der Waals surface area contributed by atoms with Gasteiger partial charge in [0.1, 0.15) is 18.3 Å². The van der Waals surface area contributed by atoms with Crippen LogP contribution in [-0.2, 0) is 19.1 Å². The minimum atomic E-state index is -0.699. The number of carbonyl (C=O) groups is 2. The Hall–Kier alpha value is -0.980. The molecular weight excluding hydrogens is 332 g/mol. The molecule has 0 radical (unpaired) electrons. The molecule has 1 N–H and O–H groups in total. The number of rotatable bonds is 2. The van der Waals surface area contributed by atoms with Crippen LogP contribution < -0.4 is 5.32 Å². The average molecular weight is 369 g/mol. The zero-order valence-electron chi connectivity index (χ0n) is 16.9. The molecule has 0 bridgehead atoms. The first-order chi connectivity index (χ1) is 12.3. The molecule has 0 amide bonds. The van der Waals surface area contributed by atoms with Gasteiger partial charge in [0.15, 0.2) is 0 Å². The lowest BCUT2D eigenvalue weighted by atomic mass is 9.89. The van der Waals surface area contributed by atoms with Crippen molar-refractivity contribution in [2.45, 2.75) is 64.0 Å². The van der Waals surface area contributed by atoms with E-state index in [9.17, 15) is 9.59 Å². The van der Waals surface area contributed by atoms with Crippen LogP contribution in [0.3, 0.4) is 0 Å². The number of cyclic esters (lactones) is 1. The van der Waals surface area contributed by atoms with Crippen LogP contribution in [0.4, 0.5) is 0 Å². The molecule has 2 heterocycles. The molecule has 6 heteroatoms. The number of Topliss-reactive ketones (excluding diaryl/α,β-unsaturated/α-hetero) is 1. The van der Waals surface area contributed by atoms with Crippen LogP contribution in [0.5, 0.6) is 0 Å². The Labute approximate surface area is 158 Å². The van der Waals surface area contributed by atoms with Crippen molar-refractivity contribution >= 4 is 11.8 Å². The van der Waals surface area contributed by atoms with Crippen LogP contribution in [0.1, 0.15) is 52.4 Å². The molecule has 150 valence electrons. The molecule has 26 heavy (non-hydrogen) atoms. The van der Waals surface area contributed by atoms with Gasteiger partial charge in [-0.15, -0.1) is 0 Å². The zero-order chi connectivity index (χ0) is 19.2. The third-order valence-corrected chi connectivity index (χ3v) is 6.26. The Kier molecular flexibility index (Phi) is 8.05. The maximum absolute atomic E-state index is 12.4. The molecule has 0 aliphatic carbocycles. The Balaban J connectivity index is 2.05. The number of piperidine rings is 1. The molecule has 2 fully saturated rings. The first kappa shape index (κ1) is 21.3. The fourth-order valence-electron chi connectivity index (χ4n) is 3.90. The summed E-state index contributed by atoms with van der Waals surface area (Å²) in [4.78, 5) is 27.0. The molecule has 0 aromatic heterocycles. The highest BCUT2D eigenvalue weighted by Gasteiger charge is 2.31. The summed E-state index contributed by atoms with van der Waals surface area (Å²) < 4.78 is 11.2. The minimum absolute atomic E-state index is 0.0543. The van der Waals surface area contributed by atoms with E-state index in [-0.39, 0.29) is 17.4 Å². The molecule has 2 unspecified atom stereocenters. The second-order valence-corrected chi connectivity index (χ2v) is 8.28. The van der Waals surface area contributed by atoms with Gasteiger partial charge in [-0.3, -0.25) is 9.59 Å². The summed E-state index contributed by atoms with van der Waals surface area (Å²) in [6, 6.07) is 0.157. The quantitative estimate of drug-likeness (QED) is 0.594. The van der Waals surface area contributed by atoms with Gasteiger partial charge in [-0.25, -0.2) is 0 Å².